The van der Waals surface area contributed by atoms with Gasteiger partial charge in [-0.15, -0.1) is 0 Å². The molecule has 0 aliphatic carbocycles. The Bertz CT molecular complexity index is 814. The van der Waals surface area contributed by atoms with Crippen LogP contribution in [0.3, 0.4) is 0 Å². The van der Waals surface area contributed by atoms with E-state index in [-0.39, 0.29) is 5.78 Å². The SMILES string of the molecule is Cc1cc2c(cc1C)C(=O)/C(=C/c1ccc(OCCC(C)C)cc1)O2. The Balaban J connectivity index is 1.72. The Morgan fingerprint density at radius 3 is 2.44 bits per heavy atom. The van der Waals surface area contributed by atoms with Crippen molar-refractivity contribution in [1.82, 2.24) is 0 Å². The molecule has 1 heterocycles. The second-order valence-corrected chi connectivity index (χ2v) is 6.97. The van der Waals surface area contributed by atoms with Crippen molar-refractivity contribution < 1.29 is 14.3 Å². The van der Waals surface area contributed by atoms with Crippen molar-refractivity contribution in [1.29, 1.82) is 0 Å². The Hall–Kier alpha value is -2.55. The van der Waals surface area contributed by atoms with Crippen LogP contribution in [0.15, 0.2) is 42.2 Å². The molecule has 0 saturated carbocycles. The molecule has 25 heavy (non-hydrogen) atoms. The molecule has 2 aromatic rings. The molecule has 0 spiro atoms. The molecule has 2 aromatic carbocycles. The van der Waals surface area contributed by atoms with Gasteiger partial charge in [-0.05, 0) is 73.2 Å². The highest BCUT2D eigenvalue weighted by atomic mass is 16.5. The molecule has 130 valence electrons. The quantitative estimate of drug-likeness (QED) is 0.691. The van der Waals surface area contributed by atoms with Gasteiger partial charge >= 0.3 is 0 Å². The number of carbonyl (C=O) groups is 1. The number of Topliss-reactive ketones (excluding diaryl/α,β-unsaturated/α-hetero) is 1. The van der Waals surface area contributed by atoms with Crippen LogP contribution < -0.4 is 9.47 Å². The summed E-state index contributed by atoms with van der Waals surface area (Å²) < 4.78 is 11.5. The molecular weight excluding hydrogens is 312 g/mol. The summed E-state index contributed by atoms with van der Waals surface area (Å²) in [6.07, 6.45) is 2.82. The fourth-order valence-electron chi connectivity index (χ4n) is 2.67. The molecule has 0 N–H and O–H groups in total. The van der Waals surface area contributed by atoms with Gasteiger partial charge in [0.1, 0.15) is 11.5 Å². The summed E-state index contributed by atoms with van der Waals surface area (Å²) in [7, 11) is 0. The zero-order chi connectivity index (χ0) is 18.0. The number of ketones is 1. The molecule has 1 aliphatic heterocycles. The second kappa shape index (κ2) is 7.14. The highest BCUT2D eigenvalue weighted by Gasteiger charge is 2.27. The summed E-state index contributed by atoms with van der Waals surface area (Å²) in [6, 6.07) is 11.6. The van der Waals surface area contributed by atoms with E-state index in [0.717, 1.165) is 28.9 Å². The molecule has 0 unspecified atom stereocenters. The molecule has 0 atom stereocenters. The van der Waals surface area contributed by atoms with Gasteiger partial charge in [-0.1, -0.05) is 26.0 Å². The Labute approximate surface area is 149 Å². The second-order valence-electron chi connectivity index (χ2n) is 6.97. The summed E-state index contributed by atoms with van der Waals surface area (Å²) in [5, 5.41) is 0. The number of aryl methyl sites for hydroxylation is 2. The molecule has 3 nitrogen and oxygen atoms in total. The fourth-order valence-corrected chi connectivity index (χ4v) is 2.67. The number of benzene rings is 2. The van der Waals surface area contributed by atoms with Crippen molar-refractivity contribution >= 4 is 11.9 Å². The lowest BCUT2D eigenvalue weighted by molar-refractivity contribution is 0.101. The van der Waals surface area contributed by atoms with Gasteiger partial charge in [-0.3, -0.25) is 4.79 Å². The molecule has 0 bridgehead atoms. The maximum Gasteiger partial charge on any atom is 0.231 e. The number of rotatable bonds is 5. The highest BCUT2D eigenvalue weighted by Crippen LogP contribution is 2.34. The van der Waals surface area contributed by atoms with E-state index in [0.29, 0.717) is 29.6 Å². The van der Waals surface area contributed by atoms with Gasteiger partial charge in [0.2, 0.25) is 5.78 Å². The minimum atomic E-state index is -0.0599. The third-order valence-corrected chi connectivity index (χ3v) is 4.43. The summed E-state index contributed by atoms with van der Waals surface area (Å²) in [6.45, 7) is 9.09. The predicted octanol–water partition coefficient (Wildman–Crippen LogP) is 5.34. The van der Waals surface area contributed by atoms with E-state index in [9.17, 15) is 4.79 Å². The van der Waals surface area contributed by atoms with Crippen molar-refractivity contribution in [3.05, 3.63) is 64.4 Å². The largest absolute Gasteiger partial charge is 0.494 e. The number of ether oxygens (including phenoxy) is 2. The van der Waals surface area contributed by atoms with E-state index in [1.807, 2.05) is 50.2 Å². The van der Waals surface area contributed by atoms with Gasteiger partial charge in [-0.25, -0.2) is 0 Å². The molecule has 0 amide bonds. The zero-order valence-corrected chi connectivity index (χ0v) is 15.3. The monoisotopic (exact) mass is 336 g/mol. The fraction of sp³-hybridized carbons (Fsp3) is 0.318. The molecule has 3 rings (SSSR count). The highest BCUT2D eigenvalue weighted by molar-refractivity contribution is 6.14. The van der Waals surface area contributed by atoms with E-state index < -0.39 is 0 Å². The third-order valence-electron chi connectivity index (χ3n) is 4.43. The topological polar surface area (TPSA) is 35.5 Å². The van der Waals surface area contributed by atoms with Crippen molar-refractivity contribution in [2.45, 2.75) is 34.1 Å². The first-order valence-corrected chi connectivity index (χ1v) is 8.72. The van der Waals surface area contributed by atoms with Gasteiger partial charge in [-0.2, -0.15) is 0 Å². The Morgan fingerprint density at radius 1 is 1.08 bits per heavy atom. The van der Waals surface area contributed by atoms with Crippen molar-refractivity contribution in [3.8, 4) is 11.5 Å². The van der Waals surface area contributed by atoms with Gasteiger partial charge in [0.05, 0.1) is 12.2 Å². The van der Waals surface area contributed by atoms with E-state index >= 15 is 0 Å². The summed E-state index contributed by atoms with van der Waals surface area (Å²) >= 11 is 0. The molecule has 0 fully saturated rings. The zero-order valence-electron chi connectivity index (χ0n) is 15.3. The van der Waals surface area contributed by atoms with Crippen LogP contribution >= 0.6 is 0 Å². The average Bonchev–Trinajstić information content (AvgIpc) is 2.85. The Morgan fingerprint density at radius 2 is 1.76 bits per heavy atom. The van der Waals surface area contributed by atoms with Crippen molar-refractivity contribution in [2.75, 3.05) is 6.61 Å². The summed E-state index contributed by atoms with van der Waals surface area (Å²) in [5.41, 5.74) is 3.78. The normalized spacial score (nSPS) is 14.8. The van der Waals surface area contributed by atoms with Crippen LogP contribution in [-0.4, -0.2) is 12.4 Å². The lowest BCUT2D eigenvalue weighted by Gasteiger charge is -2.08. The van der Waals surface area contributed by atoms with Gasteiger partial charge in [0.15, 0.2) is 5.76 Å². The number of fused-ring (bicyclic) bond motifs is 1. The number of hydrogen-bond donors (Lipinski definition) is 0. The smallest absolute Gasteiger partial charge is 0.231 e. The Kier molecular flexibility index (Phi) is 4.93. The first-order chi connectivity index (χ1) is 11.9. The van der Waals surface area contributed by atoms with E-state index in [1.165, 1.54) is 0 Å². The number of hydrogen-bond acceptors (Lipinski definition) is 3. The standard InChI is InChI=1S/C22H24O3/c1-14(2)9-10-24-18-7-5-17(6-8-18)13-21-22(23)19-11-15(3)16(4)12-20(19)25-21/h5-8,11-14H,9-10H2,1-4H3/b21-13-. The number of allylic oxidation sites excluding steroid dienone is 1. The summed E-state index contributed by atoms with van der Waals surface area (Å²) in [4.78, 5) is 12.5. The minimum absolute atomic E-state index is 0.0599. The lowest BCUT2D eigenvalue weighted by Crippen LogP contribution is -2.01. The third kappa shape index (κ3) is 3.93. The maximum atomic E-state index is 12.5. The molecule has 0 aromatic heterocycles. The van der Waals surface area contributed by atoms with Crippen LogP contribution in [0.5, 0.6) is 11.5 Å². The van der Waals surface area contributed by atoms with Crippen LogP contribution in [0, 0.1) is 19.8 Å². The minimum Gasteiger partial charge on any atom is -0.494 e. The molecule has 0 radical (unpaired) electrons. The van der Waals surface area contributed by atoms with Crippen molar-refractivity contribution in [2.24, 2.45) is 5.92 Å². The van der Waals surface area contributed by atoms with Crippen LogP contribution in [-0.2, 0) is 0 Å². The first kappa shape index (κ1) is 17.3. The van der Waals surface area contributed by atoms with Gasteiger partial charge < -0.3 is 9.47 Å². The van der Waals surface area contributed by atoms with Crippen LogP contribution in [0.1, 0.15) is 47.3 Å². The summed E-state index contributed by atoms with van der Waals surface area (Å²) in [5.74, 6) is 2.43. The van der Waals surface area contributed by atoms with Crippen LogP contribution in [0.2, 0.25) is 0 Å². The van der Waals surface area contributed by atoms with E-state index in [2.05, 4.69) is 13.8 Å². The predicted molar refractivity (Wildman–Crippen MR) is 100 cm³/mol. The molecule has 0 saturated heterocycles. The van der Waals surface area contributed by atoms with Gasteiger partial charge in [0, 0.05) is 0 Å². The van der Waals surface area contributed by atoms with E-state index in [4.69, 9.17) is 9.47 Å². The van der Waals surface area contributed by atoms with Crippen LogP contribution in [0.25, 0.3) is 6.08 Å². The average molecular weight is 336 g/mol. The lowest BCUT2D eigenvalue weighted by atomic mass is 10.0. The van der Waals surface area contributed by atoms with Gasteiger partial charge in [0.25, 0.3) is 0 Å². The van der Waals surface area contributed by atoms with Crippen molar-refractivity contribution in [3.63, 3.8) is 0 Å². The number of carbonyl (C=O) groups excluding carboxylic acids is 1. The molecule has 1 aliphatic rings. The van der Waals surface area contributed by atoms with Crippen LogP contribution in [0.4, 0.5) is 0 Å². The first-order valence-electron chi connectivity index (χ1n) is 8.72. The molecule has 3 heteroatoms. The maximum absolute atomic E-state index is 12.5. The van der Waals surface area contributed by atoms with E-state index in [1.54, 1.807) is 6.08 Å². The molecular formula is C22H24O3.